The molecule has 6 nitrogen and oxygen atoms in total. The molecule has 0 heterocycles. The normalized spacial score (nSPS) is 10.8. The van der Waals surface area contributed by atoms with Crippen molar-refractivity contribution in [2.24, 2.45) is 0 Å². The second-order valence-corrected chi connectivity index (χ2v) is 7.45. The highest BCUT2D eigenvalue weighted by Gasteiger charge is 2.15. The van der Waals surface area contributed by atoms with E-state index in [0.717, 1.165) is 0 Å². The monoisotopic (exact) mass is 516 g/mol. The number of nitriles is 1. The van der Waals surface area contributed by atoms with Gasteiger partial charge in [0.15, 0.2) is 12.4 Å². The number of hydrogen-bond acceptors (Lipinski definition) is 5. The van der Waals surface area contributed by atoms with E-state index in [1.807, 2.05) is 6.07 Å². The average molecular weight is 519 g/mol. The van der Waals surface area contributed by atoms with Crippen molar-refractivity contribution in [3.8, 4) is 11.8 Å². The first-order valence-corrected chi connectivity index (χ1v) is 9.75. The van der Waals surface area contributed by atoms with Crippen molar-refractivity contribution in [3.63, 3.8) is 0 Å². The van der Waals surface area contributed by atoms with Crippen molar-refractivity contribution in [1.29, 1.82) is 5.26 Å². The van der Waals surface area contributed by atoms with Crippen LogP contribution in [0.5, 0.6) is 5.75 Å². The van der Waals surface area contributed by atoms with E-state index in [-0.39, 0.29) is 38.7 Å². The maximum atomic E-state index is 12.4. The van der Waals surface area contributed by atoms with Crippen LogP contribution >= 0.6 is 50.7 Å². The molecule has 2 aromatic rings. The lowest BCUT2D eigenvalue weighted by Gasteiger charge is -2.10. The highest BCUT2D eigenvalue weighted by atomic mass is 79.9. The third kappa shape index (κ3) is 6.12. The Morgan fingerprint density at radius 3 is 2.59 bits per heavy atom. The molecule has 0 aliphatic rings. The fourth-order valence-electron chi connectivity index (χ4n) is 2.10. The van der Waals surface area contributed by atoms with Crippen molar-refractivity contribution in [2.45, 2.75) is 0 Å². The molecule has 29 heavy (non-hydrogen) atoms. The van der Waals surface area contributed by atoms with Crippen LogP contribution in [0.3, 0.4) is 0 Å². The summed E-state index contributed by atoms with van der Waals surface area (Å²) in [5, 5.41) is 12.5. The fourth-order valence-corrected chi connectivity index (χ4v) is 3.43. The Morgan fingerprint density at radius 1 is 1.24 bits per heavy atom. The molecule has 0 spiro atoms. The van der Waals surface area contributed by atoms with E-state index in [1.165, 1.54) is 19.3 Å². The van der Waals surface area contributed by atoms with Crippen LogP contribution in [-0.4, -0.2) is 25.6 Å². The van der Waals surface area contributed by atoms with Gasteiger partial charge in [0.05, 0.1) is 32.3 Å². The quantitative estimate of drug-likeness (QED) is 0.310. The van der Waals surface area contributed by atoms with Gasteiger partial charge >= 0.3 is 5.97 Å². The van der Waals surface area contributed by atoms with Gasteiger partial charge in [-0.3, -0.25) is 4.79 Å². The van der Waals surface area contributed by atoms with Gasteiger partial charge in [-0.2, -0.15) is 5.26 Å². The molecule has 2 aromatic carbocycles. The number of benzene rings is 2. The average Bonchev–Trinajstić information content (AvgIpc) is 2.68. The van der Waals surface area contributed by atoms with Gasteiger partial charge in [-0.25, -0.2) is 4.79 Å². The minimum Gasteiger partial charge on any atom is -0.479 e. The summed E-state index contributed by atoms with van der Waals surface area (Å²) in [5.74, 6) is -1.02. The van der Waals surface area contributed by atoms with Crippen molar-refractivity contribution in [1.82, 2.24) is 0 Å². The molecule has 0 saturated carbocycles. The lowest BCUT2D eigenvalue weighted by atomic mass is 10.1. The second kappa shape index (κ2) is 10.5. The Kier molecular flexibility index (Phi) is 8.35. The van der Waals surface area contributed by atoms with Gasteiger partial charge < -0.3 is 14.8 Å². The Balaban J connectivity index is 2.26. The number of ether oxygens (including phenoxy) is 2. The van der Waals surface area contributed by atoms with Crippen LogP contribution in [0.2, 0.25) is 15.1 Å². The first-order chi connectivity index (χ1) is 13.8. The van der Waals surface area contributed by atoms with Crippen molar-refractivity contribution >= 4 is 74.4 Å². The van der Waals surface area contributed by atoms with E-state index in [2.05, 4.69) is 26.0 Å². The summed E-state index contributed by atoms with van der Waals surface area (Å²) in [7, 11) is 1.24. The molecule has 1 N–H and O–H groups in total. The van der Waals surface area contributed by atoms with Crippen LogP contribution in [0.4, 0.5) is 5.69 Å². The molecule has 0 radical (unpaired) electrons. The van der Waals surface area contributed by atoms with Crippen LogP contribution in [0.1, 0.15) is 5.56 Å². The van der Waals surface area contributed by atoms with Crippen molar-refractivity contribution in [2.75, 3.05) is 19.0 Å². The van der Waals surface area contributed by atoms with E-state index >= 15 is 0 Å². The summed E-state index contributed by atoms with van der Waals surface area (Å²) < 4.78 is 10.2. The molecule has 150 valence electrons. The molecule has 10 heteroatoms. The first kappa shape index (κ1) is 23.0. The van der Waals surface area contributed by atoms with Crippen LogP contribution in [-0.2, 0) is 14.3 Å². The standard InChI is InChI=1S/C19H12BrCl3N2O4/c1-28-16(26)9-29-18-12(20)6-10(7-14(18)22)5-11(8-24)19(27)25-15-4-2-3-13(21)17(15)23/h2-7H,9H2,1H3,(H,25,27)/b11-5-. The van der Waals surface area contributed by atoms with E-state index in [9.17, 15) is 14.9 Å². The van der Waals surface area contributed by atoms with Gasteiger partial charge in [-0.1, -0.05) is 40.9 Å². The van der Waals surface area contributed by atoms with Gasteiger partial charge in [-0.05, 0) is 51.8 Å². The summed E-state index contributed by atoms with van der Waals surface area (Å²) in [5.41, 5.74) is 0.541. The molecular formula is C19H12BrCl3N2O4. The summed E-state index contributed by atoms with van der Waals surface area (Å²) in [6.45, 7) is -0.323. The van der Waals surface area contributed by atoms with Gasteiger partial charge in [0, 0.05) is 0 Å². The van der Waals surface area contributed by atoms with E-state index in [0.29, 0.717) is 10.0 Å². The van der Waals surface area contributed by atoms with Crippen molar-refractivity contribution < 1.29 is 19.1 Å². The molecule has 0 aromatic heterocycles. The van der Waals surface area contributed by atoms with Gasteiger partial charge in [-0.15, -0.1) is 0 Å². The largest absolute Gasteiger partial charge is 0.479 e. The molecule has 0 bridgehead atoms. The molecule has 0 aliphatic carbocycles. The smallest absolute Gasteiger partial charge is 0.343 e. The minimum atomic E-state index is -0.671. The van der Waals surface area contributed by atoms with Gasteiger partial charge in [0.25, 0.3) is 5.91 Å². The zero-order valence-corrected chi connectivity index (χ0v) is 18.6. The number of halogens is 4. The molecule has 0 saturated heterocycles. The molecule has 0 unspecified atom stereocenters. The molecule has 2 rings (SSSR count). The molecule has 0 atom stereocenters. The molecular weight excluding hydrogens is 506 g/mol. The highest BCUT2D eigenvalue weighted by molar-refractivity contribution is 9.10. The summed E-state index contributed by atoms with van der Waals surface area (Å²) in [6, 6.07) is 9.63. The lowest BCUT2D eigenvalue weighted by Crippen LogP contribution is -2.14. The summed E-state index contributed by atoms with van der Waals surface area (Å²) in [6.07, 6.45) is 1.34. The number of carbonyl (C=O) groups is 2. The number of nitrogens with zero attached hydrogens (tertiary/aromatic N) is 1. The van der Waals surface area contributed by atoms with Gasteiger partial charge in [0.1, 0.15) is 11.6 Å². The number of nitrogens with one attached hydrogen (secondary N) is 1. The topological polar surface area (TPSA) is 88.4 Å². The predicted octanol–water partition coefficient (Wildman–Crippen LogP) is 5.51. The number of esters is 1. The Hall–Kier alpha value is -2.24. The van der Waals surface area contributed by atoms with E-state index in [1.54, 1.807) is 24.3 Å². The summed E-state index contributed by atoms with van der Waals surface area (Å²) >= 11 is 21.4. The fraction of sp³-hybridized carbons (Fsp3) is 0.105. The maximum absolute atomic E-state index is 12.4. The van der Waals surface area contributed by atoms with Crippen LogP contribution in [0.25, 0.3) is 6.08 Å². The SMILES string of the molecule is COC(=O)COc1c(Cl)cc(/C=C(/C#N)C(=O)Nc2cccc(Cl)c2Cl)cc1Br. The number of methoxy groups -OCH3 is 1. The molecule has 0 fully saturated rings. The Labute approximate surface area is 190 Å². The highest BCUT2D eigenvalue weighted by Crippen LogP contribution is 2.35. The van der Waals surface area contributed by atoms with Crippen LogP contribution in [0, 0.1) is 11.3 Å². The maximum Gasteiger partial charge on any atom is 0.343 e. The van der Waals surface area contributed by atoms with Gasteiger partial charge in [0.2, 0.25) is 0 Å². The summed E-state index contributed by atoms with van der Waals surface area (Å²) in [4.78, 5) is 23.7. The predicted molar refractivity (Wildman–Crippen MR) is 115 cm³/mol. The Morgan fingerprint density at radius 2 is 1.97 bits per heavy atom. The minimum absolute atomic E-state index is 0.165. The van der Waals surface area contributed by atoms with E-state index < -0.39 is 11.9 Å². The van der Waals surface area contributed by atoms with E-state index in [4.69, 9.17) is 39.5 Å². The molecule has 1 amide bonds. The van der Waals surface area contributed by atoms with Crippen molar-refractivity contribution in [3.05, 3.63) is 61.0 Å². The first-order valence-electron chi connectivity index (χ1n) is 7.82. The zero-order chi connectivity index (χ0) is 21.6. The zero-order valence-electron chi connectivity index (χ0n) is 14.8. The van der Waals surface area contributed by atoms with Crippen LogP contribution < -0.4 is 10.1 Å². The number of hydrogen-bond donors (Lipinski definition) is 1. The second-order valence-electron chi connectivity index (χ2n) is 5.40. The van der Waals surface area contributed by atoms with Crippen LogP contribution in [0.15, 0.2) is 40.4 Å². The lowest BCUT2D eigenvalue weighted by molar-refractivity contribution is -0.142. The number of carbonyl (C=O) groups excluding carboxylic acids is 2. The number of amides is 1. The third-order valence-electron chi connectivity index (χ3n) is 3.46. The Bertz CT molecular complexity index is 1010. The number of rotatable bonds is 6. The molecule has 0 aliphatic heterocycles. The number of anilines is 1. The third-order valence-corrected chi connectivity index (χ3v) is 5.15.